The van der Waals surface area contributed by atoms with E-state index in [1.54, 1.807) is 0 Å². The van der Waals surface area contributed by atoms with Gasteiger partial charge in [0.15, 0.2) is 11.6 Å². The molecule has 1 aliphatic rings. The number of rotatable bonds is 4. The number of halogens is 2. The molecular formula is C13H17F2NO2. The molecule has 0 bridgehead atoms. The van der Waals surface area contributed by atoms with Gasteiger partial charge in [0.2, 0.25) is 5.82 Å². The predicted molar refractivity (Wildman–Crippen MR) is 63.7 cm³/mol. The van der Waals surface area contributed by atoms with Crippen LogP contribution in [0.4, 0.5) is 8.78 Å². The van der Waals surface area contributed by atoms with Gasteiger partial charge in [-0.05, 0) is 19.1 Å². The summed E-state index contributed by atoms with van der Waals surface area (Å²) in [5, 5.41) is 0. The minimum absolute atomic E-state index is 0.0312. The minimum Gasteiger partial charge on any atom is -0.489 e. The lowest BCUT2D eigenvalue weighted by molar-refractivity contribution is -0.0215. The summed E-state index contributed by atoms with van der Waals surface area (Å²) in [5.74, 6) is -1.84. The average molecular weight is 257 g/mol. The van der Waals surface area contributed by atoms with Crippen molar-refractivity contribution in [3.63, 3.8) is 0 Å². The van der Waals surface area contributed by atoms with E-state index < -0.39 is 11.6 Å². The van der Waals surface area contributed by atoms with E-state index in [9.17, 15) is 8.78 Å². The molecule has 2 rings (SSSR count). The van der Waals surface area contributed by atoms with Gasteiger partial charge in [-0.3, -0.25) is 4.90 Å². The molecule has 3 nitrogen and oxygen atoms in total. The van der Waals surface area contributed by atoms with Gasteiger partial charge in [0.1, 0.15) is 6.61 Å². The Morgan fingerprint density at radius 1 is 1.44 bits per heavy atom. The fourth-order valence-corrected chi connectivity index (χ4v) is 1.97. The fourth-order valence-electron chi connectivity index (χ4n) is 1.97. The highest BCUT2D eigenvalue weighted by molar-refractivity contribution is 5.24. The zero-order valence-electron chi connectivity index (χ0n) is 10.4. The van der Waals surface area contributed by atoms with Gasteiger partial charge < -0.3 is 9.47 Å². The molecule has 18 heavy (non-hydrogen) atoms. The Labute approximate surface area is 105 Å². The molecule has 0 saturated carbocycles. The molecule has 1 heterocycles. The molecule has 1 fully saturated rings. The standard InChI is InChI=1S/C13H17F2NO2/c1-10-9-16(5-7-17-10)6-8-18-12-4-2-3-11(14)13(12)15/h2-4,10H,5-9H2,1H3. The van der Waals surface area contributed by atoms with E-state index in [2.05, 4.69) is 4.90 Å². The highest BCUT2D eigenvalue weighted by atomic mass is 19.2. The summed E-state index contributed by atoms with van der Waals surface area (Å²) in [6, 6.07) is 3.94. The third-order valence-corrected chi connectivity index (χ3v) is 2.91. The lowest BCUT2D eigenvalue weighted by Crippen LogP contribution is -2.42. The van der Waals surface area contributed by atoms with Crippen molar-refractivity contribution in [2.75, 3.05) is 32.8 Å². The maximum absolute atomic E-state index is 13.3. The van der Waals surface area contributed by atoms with E-state index in [-0.39, 0.29) is 11.9 Å². The summed E-state index contributed by atoms with van der Waals surface area (Å²) in [5.41, 5.74) is 0. The first-order chi connectivity index (χ1) is 8.66. The molecule has 1 unspecified atom stereocenters. The van der Waals surface area contributed by atoms with Crippen molar-refractivity contribution in [3.05, 3.63) is 29.8 Å². The zero-order chi connectivity index (χ0) is 13.0. The van der Waals surface area contributed by atoms with Crippen LogP contribution in [0.3, 0.4) is 0 Å². The molecule has 0 amide bonds. The summed E-state index contributed by atoms with van der Waals surface area (Å²) < 4.78 is 36.9. The number of benzene rings is 1. The van der Waals surface area contributed by atoms with E-state index in [4.69, 9.17) is 9.47 Å². The number of morpholine rings is 1. The monoisotopic (exact) mass is 257 g/mol. The van der Waals surface area contributed by atoms with Crippen LogP contribution in [0.15, 0.2) is 18.2 Å². The van der Waals surface area contributed by atoms with Crippen LogP contribution in [0.5, 0.6) is 5.75 Å². The Hall–Kier alpha value is -1.20. The molecule has 1 atom stereocenters. The van der Waals surface area contributed by atoms with E-state index in [0.29, 0.717) is 19.8 Å². The SMILES string of the molecule is CC1CN(CCOc2cccc(F)c2F)CCO1. The van der Waals surface area contributed by atoms with Crippen LogP contribution < -0.4 is 4.74 Å². The summed E-state index contributed by atoms with van der Waals surface area (Å²) >= 11 is 0. The number of hydrogen-bond donors (Lipinski definition) is 0. The van der Waals surface area contributed by atoms with Crippen LogP contribution >= 0.6 is 0 Å². The van der Waals surface area contributed by atoms with Crippen LogP contribution in [0.2, 0.25) is 0 Å². The van der Waals surface area contributed by atoms with Crippen molar-refractivity contribution in [1.29, 1.82) is 0 Å². The summed E-state index contributed by atoms with van der Waals surface area (Å²) in [4.78, 5) is 2.19. The maximum atomic E-state index is 13.3. The van der Waals surface area contributed by atoms with Gasteiger partial charge in [-0.2, -0.15) is 4.39 Å². The van der Waals surface area contributed by atoms with Crippen LogP contribution in [-0.2, 0) is 4.74 Å². The average Bonchev–Trinajstić information content (AvgIpc) is 2.35. The van der Waals surface area contributed by atoms with Gasteiger partial charge in [-0.15, -0.1) is 0 Å². The normalized spacial score (nSPS) is 20.9. The van der Waals surface area contributed by atoms with Gasteiger partial charge in [-0.25, -0.2) is 4.39 Å². The molecule has 0 radical (unpaired) electrons. The minimum atomic E-state index is -0.923. The molecule has 1 aliphatic heterocycles. The topological polar surface area (TPSA) is 21.7 Å². The van der Waals surface area contributed by atoms with Crippen molar-refractivity contribution in [2.24, 2.45) is 0 Å². The molecule has 0 spiro atoms. The van der Waals surface area contributed by atoms with Crippen molar-refractivity contribution in [3.8, 4) is 5.75 Å². The first kappa shape index (κ1) is 13.2. The second-order valence-electron chi connectivity index (χ2n) is 4.38. The van der Waals surface area contributed by atoms with Crippen molar-refractivity contribution < 1.29 is 18.3 Å². The number of ether oxygens (including phenoxy) is 2. The third kappa shape index (κ3) is 3.40. The van der Waals surface area contributed by atoms with Crippen molar-refractivity contribution in [1.82, 2.24) is 4.90 Å². The highest BCUT2D eigenvalue weighted by Crippen LogP contribution is 2.19. The quantitative estimate of drug-likeness (QED) is 0.824. The molecule has 1 saturated heterocycles. The summed E-state index contributed by atoms with van der Waals surface area (Å²) in [6.07, 6.45) is 0.213. The van der Waals surface area contributed by atoms with E-state index in [1.807, 2.05) is 6.92 Å². The first-order valence-corrected chi connectivity index (χ1v) is 6.07. The smallest absolute Gasteiger partial charge is 0.200 e. The number of hydrogen-bond acceptors (Lipinski definition) is 3. The summed E-state index contributed by atoms with van der Waals surface area (Å²) in [6.45, 7) is 5.43. The molecule has 0 N–H and O–H groups in total. The van der Waals surface area contributed by atoms with Gasteiger partial charge in [0, 0.05) is 19.6 Å². The third-order valence-electron chi connectivity index (χ3n) is 2.91. The van der Waals surface area contributed by atoms with Gasteiger partial charge in [0.05, 0.1) is 12.7 Å². The largest absolute Gasteiger partial charge is 0.489 e. The Balaban J connectivity index is 1.79. The predicted octanol–water partition coefficient (Wildman–Crippen LogP) is 2.06. The second kappa shape index (κ2) is 6.11. The molecule has 0 aliphatic carbocycles. The highest BCUT2D eigenvalue weighted by Gasteiger charge is 2.16. The molecule has 0 aromatic heterocycles. The fraction of sp³-hybridized carbons (Fsp3) is 0.538. The van der Waals surface area contributed by atoms with Gasteiger partial charge in [-0.1, -0.05) is 6.07 Å². The van der Waals surface area contributed by atoms with Crippen molar-refractivity contribution in [2.45, 2.75) is 13.0 Å². The van der Waals surface area contributed by atoms with Crippen LogP contribution in [0.1, 0.15) is 6.92 Å². The Morgan fingerprint density at radius 2 is 2.28 bits per heavy atom. The van der Waals surface area contributed by atoms with Gasteiger partial charge in [0.25, 0.3) is 0 Å². The van der Waals surface area contributed by atoms with E-state index in [0.717, 1.165) is 19.2 Å². The summed E-state index contributed by atoms with van der Waals surface area (Å²) in [7, 11) is 0. The van der Waals surface area contributed by atoms with Gasteiger partial charge >= 0.3 is 0 Å². The second-order valence-corrected chi connectivity index (χ2v) is 4.38. The Bertz CT molecular complexity index is 401. The van der Waals surface area contributed by atoms with Crippen LogP contribution in [-0.4, -0.2) is 43.9 Å². The van der Waals surface area contributed by atoms with Crippen molar-refractivity contribution >= 4 is 0 Å². The maximum Gasteiger partial charge on any atom is 0.200 e. The molecule has 1 aromatic rings. The number of nitrogens with zero attached hydrogens (tertiary/aromatic N) is 1. The molecular weight excluding hydrogens is 240 g/mol. The van der Waals surface area contributed by atoms with E-state index >= 15 is 0 Å². The van der Waals surface area contributed by atoms with Crippen LogP contribution in [0, 0.1) is 11.6 Å². The lowest BCUT2D eigenvalue weighted by Gasteiger charge is -2.30. The first-order valence-electron chi connectivity index (χ1n) is 6.07. The Kier molecular flexibility index (Phi) is 4.49. The Morgan fingerprint density at radius 3 is 3.06 bits per heavy atom. The molecule has 100 valence electrons. The molecule has 1 aromatic carbocycles. The van der Waals surface area contributed by atoms with Crippen LogP contribution in [0.25, 0.3) is 0 Å². The zero-order valence-corrected chi connectivity index (χ0v) is 10.4. The van der Waals surface area contributed by atoms with E-state index in [1.165, 1.54) is 12.1 Å². The lowest BCUT2D eigenvalue weighted by atomic mass is 10.3. The molecule has 5 heteroatoms.